The minimum absolute atomic E-state index is 0.169. The van der Waals surface area contributed by atoms with E-state index in [4.69, 9.17) is 5.84 Å². The van der Waals surface area contributed by atoms with E-state index in [0.717, 1.165) is 18.1 Å². The molecule has 11 heavy (non-hydrogen) atoms. The summed E-state index contributed by atoms with van der Waals surface area (Å²) in [5.74, 6) is 7.04. The van der Waals surface area contributed by atoms with Crippen LogP contribution in [0.25, 0.3) is 0 Å². The normalized spacial score (nSPS) is 24.9. The van der Waals surface area contributed by atoms with E-state index in [1.54, 1.807) is 4.90 Å². The van der Waals surface area contributed by atoms with Gasteiger partial charge in [0.05, 0.1) is 0 Å². The topological polar surface area (TPSA) is 58.4 Å². The van der Waals surface area contributed by atoms with E-state index in [0.29, 0.717) is 6.04 Å². The third-order valence-corrected chi connectivity index (χ3v) is 2.94. The molecule has 1 unspecified atom stereocenters. The van der Waals surface area contributed by atoms with Crippen LogP contribution in [0, 0.1) is 0 Å². The van der Waals surface area contributed by atoms with Gasteiger partial charge in [-0.2, -0.15) is 11.8 Å². The van der Waals surface area contributed by atoms with E-state index >= 15 is 0 Å². The summed E-state index contributed by atoms with van der Waals surface area (Å²) in [7, 11) is 0. The maximum atomic E-state index is 11.1. The molecule has 1 atom stereocenters. The van der Waals surface area contributed by atoms with E-state index in [1.165, 1.54) is 0 Å². The van der Waals surface area contributed by atoms with E-state index in [9.17, 15) is 4.79 Å². The summed E-state index contributed by atoms with van der Waals surface area (Å²) in [6, 6.07) is 0.134. The van der Waals surface area contributed by atoms with Gasteiger partial charge >= 0.3 is 6.03 Å². The third kappa shape index (κ3) is 2.00. The number of carbonyl (C=O) groups is 1. The van der Waals surface area contributed by atoms with Crippen molar-refractivity contribution in [2.45, 2.75) is 13.0 Å². The van der Waals surface area contributed by atoms with E-state index in [1.807, 2.05) is 18.7 Å². The molecule has 0 saturated carbocycles. The highest BCUT2D eigenvalue weighted by Gasteiger charge is 2.22. The maximum absolute atomic E-state index is 11.1. The lowest BCUT2D eigenvalue weighted by molar-refractivity contribution is 0.187. The quantitative estimate of drug-likeness (QED) is 0.310. The van der Waals surface area contributed by atoms with Crippen LogP contribution in [-0.4, -0.2) is 35.0 Å². The molecule has 4 nitrogen and oxygen atoms in total. The molecule has 1 heterocycles. The molecule has 1 aliphatic heterocycles. The highest BCUT2D eigenvalue weighted by molar-refractivity contribution is 7.99. The van der Waals surface area contributed by atoms with Crippen LogP contribution in [0.4, 0.5) is 4.79 Å². The fourth-order valence-corrected chi connectivity index (χ4v) is 2.13. The molecule has 1 rings (SSSR count). The Kier molecular flexibility index (Phi) is 3.02. The number of rotatable bonds is 0. The molecule has 1 aliphatic rings. The highest BCUT2D eigenvalue weighted by Crippen LogP contribution is 2.15. The third-order valence-electron chi connectivity index (χ3n) is 1.75. The number of nitrogens with one attached hydrogen (secondary N) is 1. The second-order valence-electron chi connectivity index (χ2n) is 2.57. The Labute approximate surface area is 70.5 Å². The molecule has 0 aromatic heterocycles. The van der Waals surface area contributed by atoms with Crippen molar-refractivity contribution in [2.24, 2.45) is 5.84 Å². The molecule has 0 radical (unpaired) electrons. The molecule has 0 aromatic rings. The average Bonchev–Trinajstić information content (AvgIpc) is 2.04. The molecule has 5 heteroatoms. The van der Waals surface area contributed by atoms with Gasteiger partial charge in [0.25, 0.3) is 0 Å². The Hall–Kier alpha value is -0.420. The van der Waals surface area contributed by atoms with Crippen LogP contribution in [-0.2, 0) is 0 Å². The highest BCUT2D eigenvalue weighted by atomic mass is 32.2. The number of hydrogen-bond donors (Lipinski definition) is 2. The van der Waals surface area contributed by atoms with Crippen LogP contribution in [0.1, 0.15) is 6.92 Å². The fourth-order valence-electron chi connectivity index (χ4n) is 1.11. The van der Waals surface area contributed by atoms with Gasteiger partial charge in [0.15, 0.2) is 0 Å². The standard InChI is InChI=1S/C6H13N3OS/c1-5-4-11-3-2-9(5)6(10)8-7/h5H,2-4,7H2,1H3,(H,8,10). The number of hydrogen-bond acceptors (Lipinski definition) is 3. The van der Waals surface area contributed by atoms with Gasteiger partial charge in [-0.25, -0.2) is 10.6 Å². The second-order valence-corrected chi connectivity index (χ2v) is 3.72. The van der Waals surface area contributed by atoms with Crippen LogP contribution in [0.3, 0.4) is 0 Å². The summed E-state index contributed by atoms with van der Waals surface area (Å²) < 4.78 is 0. The first-order valence-corrected chi connectivity index (χ1v) is 4.76. The number of carbonyl (C=O) groups excluding carboxylic acids is 1. The minimum atomic E-state index is -0.169. The van der Waals surface area contributed by atoms with E-state index in [2.05, 4.69) is 5.43 Å². The van der Waals surface area contributed by atoms with Crippen molar-refractivity contribution >= 4 is 17.8 Å². The van der Waals surface area contributed by atoms with Crippen molar-refractivity contribution in [3.05, 3.63) is 0 Å². The maximum Gasteiger partial charge on any atom is 0.331 e. The van der Waals surface area contributed by atoms with Crippen LogP contribution < -0.4 is 11.3 Å². The Morgan fingerprint density at radius 2 is 2.55 bits per heavy atom. The zero-order valence-electron chi connectivity index (χ0n) is 6.54. The lowest BCUT2D eigenvalue weighted by atomic mass is 10.3. The van der Waals surface area contributed by atoms with E-state index < -0.39 is 0 Å². The van der Waals surface area contributed by atoms with Gasteiger partial charge in [-0.1, -0.05) is 0 Å². The number of nitrogens with zero attached hydrogens (tertiary/aromatic N) is 1. The molecule has 0 aliphatic carbocycles. The zero-order chi connectivity index (χ0) is 8.27. The molecule has 1 fully saturated rings. The smallest absolute Gasteiger partial charge is 0.319 e. The number of nitrogens with two attached hydrogens (primary N) is 1. The van der Waals surface area contributed by atoms with Gasteiger partial charge < -0.3 is 4.90 Å². The molecule has 0 spiro atoms. The van der Waals surface area contributed by atoms with Crippen molar-refractivity contribution in [3.63, 3.8) is 0 Å². The first-order chi connectivity index (χ1) is 5.25. The molecule has 0 aromatic carbocycles. The summed E-state index contributed by atoms with van der Waals surface area (Å²) in [4.78, 5) is 12.8. The van der Waals surface area contributed by atoms with Crippen LogP contribution >= 0.6 is 11.8 Å². The molecule has 0 bridgehead atoms. The lowest BCUT2D eigenvalue weighted by Crippen LogP contribution is -2.51. The predicted molar refractivity (Wildman–Crippen MR) is 46.2 cm³/mol. The van der Waals surface area contributed by atoms with Gasteiger partial charge in [-0.05, 0) is 6.92 Å². The molecule has 2 amide bonds. The van der Waals surface area contributed by atoms with Crippen molar-refractivity contribution in [3.8, 4) is 0 Å². The Morgan fingerprint density at radius 1 is 1.82 bits per heavy atom. The second kappa shape index (κ2) is 3.82. The van der Waals surface area contributed by atoms with Gasteiger partial charge in [0.2, 0.25) is 0 Å². The number of amides is 2. The Morgan fingerprint density at radius 3 is 3.09 bits per heavy atom. The van der Waals surface area contributed by atoms with Crippen LogP contribution in [0.15, 0.2) is 0 Å². The summed E-state index contributed by atoms with van der Waals surface area (Å²) in [6.45, 7) is 2.83. The number of urea groups is 1. The van der Waals surface area contributed by atoms with Gasteiger partial charge in [-0.15, -0.1) is 0 Å². The first-order valence-electron chi connectivity index (χ1n) is 3.60. The number of hydrazine groups is 1. The summed E-state index contributed by atoms with van der Waals surface area (Å²) in [5, 5.41) is 0. The summed E-state index contributed by atoms with van der Waals surface area (Å²) in [5.41, 5.74) is 2.14. The Balaban J connectivity index is 2.47. The van der Waals surface area contributed by atoms with Crippen molar-refractivity contribution in [1.82, 2.24) is 10.3 Å². The van der Waals surface area contributed by atoms with E-state index in [-0.39, 0.29) is 6.03 Å². The summed E-state index contributed by atoms with van der Waals surface area (Å²) in [6.07, 6.45) is 0. The van der Waals surface area contributed by atoms with Gasteiger partial charge in [-0.3, -0.25) is 5.43 Å². The largest absolute Gasteiger partial charge is 0.331 e. The molecule has 1 saturated heterocycles. The minimum Gasteiger partial charge on any atom is -0.319 e. The van der Waals surface area contributed by atoms with Crippen LogP contribution in [0.2, 0.25) is 0 Å². The number of thioether (sulfide) groups is 1. The lowest BCUT2D eigenvalue weighted by Gasteiger charge is -2.32. The molecule has 3 N–H and O–H groups in total. The SMILES string of the molecule is CC1CSCCN1C(=O)NN. The van der Waals surface area contributed by atoms with Gasteiger partial charge in [0.1, 0.15) is 0 Å². The molecule has 64 valence electrons. The average molecular weight is 175 g/mol. The zero-order valence-corrected chi connectivity index (χ0v) is 7.36. The van der Waals surface area contributed by atoms with Crippen molar-refractivity contribution in [2.75, 3.05) is 18.1 Å². The fraction of sp³-hybridized carbons (Fsp3) is 0.833. The summed E-state index contributed by atoms with van der Waals surface area (Å²) >= 11 is 1.87. The Bertz CT molecular complexity index is 153. The monoisotopic (exact) mass is 175 g/mol. The molecular formula is C6H13N3OS. The van der Waals surface area contributed by atoms with Crippen LogP contribution in [0.5, 0.6) is 0 Å². The van der Waals surface area contributed by atoms with Crippen molar-refractivity contribution < 1.29 is 4.79 Å². The van der Waals surface area contributed by atoms with Crippen molar-refractivity contribution in [1.29, 1.82) is 0 Å². The predicted octanol–water partition coefficient (Wildman–Crippen LogP) is 0.00700. The molecular weight excluding hydrogens is 162 g/mol. The van der Waals surface area contributed by atoms with Gasteiger partial charge in [0, 0.05) is 24.1 Å². The first kappa shape index (κ1) is 8.67.